The topological polar surface area (TPSA) is 123 Å². The lowest BCUT2D eigenvalue weighted by Gasteiger charge is -2.21. The van der Waals surface area contributed by atoms with Gasteiger partial charge in [-0.15, -0.1) is 10.2 Å². The highest BCUT2D eigenvalue weighted by Gasteiger charge is 2.29. The summed E-state index contributed by atoms with van der Waals surface area (Å²) in [6.07, 6.45) is 0.409. The molecule has 1 unspecified atom stereocenters. The Balaban J connectivity index is 1.56. The summed E-state index contributed by atoms with van der Waals surface area (Å²) in [6, 6.07) is 7.08. The van der Waals surface area contributed by atoms with Crippen LogP contribution in [0.5, 0.6) is 5.75 Å². The van der Waals surface area contributed by atoms with Gasteiger partial charge in [0.15, 0.2) is 20.8 Å². The van der Waals surface area contributed by atoms with Crippen molar-refractivity contribution in [1.82, 2.24) is 25.0 Å². The van der Waals surface area contributed by atoms with Crippen molar-refractivity contribution in [2.75, 3.05) is 37.5 Å². The molecule has 0 radical (unpaired) electrons. The Labute approximate surface area is 191 Å². The van der Waals surface area contributed by atoms with E-state index in [1.54, 1.807) is 18.6 Å². The Morgan fingerprint density at radius 3 is 2.78 bits per heavy atom. The Kier molecular flexibility index (Phi) is 7.77. The molecular formula is C20H27N5O5S2. The highest BCUT2D eigenvalue weighted by atomic mass is 32.2. The van der Waals surface area contributed by atoms with Gasteiger partial charge in [0.25, 0.3) is 0 Å². The molecule has 1 atom stereocenters. The van der Waals surface area contributed by atoms with Crippen LogP contribution in [0.3, 0.4) is 0 Å². The average Bonchev–Trinajstić information content (AvgIpc) is 3.31. The number of nitrogens with one attached hydrogen (secondary N) is 1. The Morgan fingerprint density at radius 2 is 2.12 bits per heavy atom. The lowest BCUT2D eigenvalue weighted by atomic mass is 10.2. The highest BCUT2D eigenvalue weighted by molar-refractivity contribution is 7.99. The first-order valence-corrected chi connectivity index (χ1v) is 13.0. The number of hydrogen-bond donors (Lipinski definition) is 1. The SMILES string of the molecule is CCN(CC(=O)NC1CCS(=O)(=O)C1)C(=O)CSc1nnc(-c2cccc(OC)c2)n1C. The predicted octanol–water partition coefficient (Wildman–Crippen LogP) is 0.735. The van der Waals surface area contributed by atoms with Gasteiger partial charge in [-0.2, -0.15) is 0 Å². The fourth-order valence-electron chi connectivity index (χ4n) is 3.40. The summed E-state index contributed by atoms with van der Waals surface area (Å²) in [4.78, 5) is 26.4. The molecule has 174 valence electrons. The van der Waals surface area contributed by atoms with Gasteiger partial charge in [0.05, 0.1) is 30.9 Å². The number of carbonyl (C=O) groups is 2. The van der Waals surface area contributed by atoms with Crippen molar-refractivity contribution in [3.05, 3.63) is 24.3 Å². The van der Waals surface area contributed by atoms with Crippen molar-refractivity contribution >= 4 is 33.4 Å². The van der Waals surface area contributed by atoms with Crippen LogP contribution in [0.1, 0.15) is 13.3 Å². The van der Waals surface area contributed by atoms with Crippen molar-refractivity contribution in [1.29, 1.82) is 0 Å². The number of likely N-dealkylation sites (N-methyl/N-ethyl adjacent to an activating group) is 1. The summed E-state index contributed by atoms with van der Waals surface area (Å²) in [7, 11) is 0.339. The van der Waals surface area contributed by atoms with Crippen LogP contribution in [0, 0.1) is 0 Å². The number of sulfone groups is 1. The number of carbonyl (C=O) groups excluding carboxylic acids is 2. The summed E-state index contributed by atoms with van der Waals surface area (Å²) < 4.78 is 30.1. The van der Waals surface area contributed by atoms with Gasteiger partial charge in [0.2, 0.25) is 11.8 Å². The number of ether oxygens (including phenoxy) is 1. The molecule has 0 saturated carbocycles. The fourth-order valence-corrected chi connectivity index (χ4v) is 5.89. The van der Waals surface area contributed by atoms with Crippen LogP contribution in [0.2, 0.25) is 0 Å². The molecule has 0 bridgehead atoms. The number of benzene rings is 1. The minimum absolute atomic E-state index is 0.0452. The number of aromatic nitrogens is 3. The van der Waals surface area contributed by atoms with Crippen molar-refractivity contribution in [2.24, 2.45) is 7.05 Å². The van der Waals surface area contributed by atoms with Crippen LogP contribution in [-0.2, 0) is 26.5 Å². The zero-order valence-corrected chi connectivity index (χ0v) is 19.9. The first kappa shape index (κ1) is 24.1. The average molecular weight is 482 g/mol. The van der Waals surface area contributed by atoms with Gasteiger partial charge in [-0.05, 0) is 25.5 Å². The largest absolute Gasteiger partial charge is 0.497 e. The van der Waals surface area contributed by atoms with Crippen LogP contribution in [-0.4, -0.2) is 83.4 Å². The molecule has 3 rings (SSSR count). The van der Waals surface area contributed by atoms with E-state index in [4.69, 9.17) is 4.74 Å². The standard InChI is InChI=1S/C20H27N5O5S2/c1-4-25(11-17(26)21-15-8-9-32(28,29)13-15)18(27)12-31-20-23-22-19(24(20)2)14-6-5-7-16(10-14)30-3/h5-7,10,15H,4,8-9,11-13H2,1-3H3,(H,21,26). The lowest BCUT2D eigenvalue weighted by Crippen LogP contribution is -2.45. The number of amides is 2. The van der Waals surface area contributed by atoms with Crippen molar-refractivity contribution in [3.8, 4) is 17.1 Å². The minimum Gasteiger partial charge on any atom is -0.497 e. The molecule has 2 aromatic rings. The van der Waals surface area contributed by atoms with Gasteiger partial charge in [-0.25, -0.2) is 8.42 Å². The molecule has 1 fully saturated rings. The van der Waals surface area contributed by atoms with Gasteiger partial charge < -0.3 is 19.5 Å². The third-order valence-electron chi connectivity index (χ3n) is 5.15. The van der Waals surface area contributed by atoms with Crippen molar-refractivity contribution in [2.45, 2.75) is 24.5 Å². The van der Waals surface area contributed by atoms with E-state index in [1.165, 1.54) is 16.7 Å². The second-order valence-corrected chi connectivity index (χ2v) is 10.6. The third-order valence-corrected chi connectivity index (χ3v) is 7.93. The first-order valence-electron chi connectivity index (χ1n) is 10.2. The molecule has 2 heterocycles. The second kappa shape index (κ2) is 10.3. The Morgan fingerprint density at radius 1 is 1.34 bits per heavy atom. The lowest BCUT2D eigenvalue weighted by molar-refractivity contribution is -0.134. The molecule has 1 N–H and O–H groups in total. The van der Waals surface area contributed by atoms with E-state index in [0.29, 0.717) is 29.7 Å². The Bertz CT molecular complexity index is 1090. The number of rotatable bonds is 9. The number of nitrogens with zero attached hydrogens (tertiary/aromatic N) is 4. The normalized spacial score (nSPS) is 17.2. The van der Waals surface area contributed by atoms with Crippen LogP contribution in [0.4, 0.5) is 0 Å². The van der Waals surface area contributed by atoms with E-state index in [9.17, 15) is 18.0 Å². The quantitative estimate of drug-likeness (QED) is 0.520. The molecule has 2 amide bonds. The van der Waals surface area contributed by atoms with Gasteiger partial charge in [0, 0.05) is 25.2 Å². The molecule has 10 nitrogen and oxygen atoms in total. The van der Waals surface area contributed by atoms with E-state index >= 15 is 0 Å². The van der Waals surface area contributed by atoms with Crippen LogP contribution in [0.25, 0.3) is 11.4 Å². The second-order valence-electron chi connectivity index (χ2n) is 7.46. The summed E-state index contributed by atoms with van der Waals surface area (Å²) in [5, 5.41) is 11.7. The van der Waals surface area contributed by atoms with E-state index in [2.05, 4.69) is 15.5 Å². The summed E-state index contributed by atoms with van der Waals surface area (Å²) in [6.45, 7) is 2.04. The molecule has 1 aromatic carbocycles. The molecule has 12 heteroatoms. The van der Waals surface area contributed by atoms with Gasteiger partial charge in [-0.3, -0.25) is 9.59 Å². The predicted molar refractivity (Wildman–Crippen MR) is 121 cm³/mol. The molecule has 0 aliphatic carbocycles. The van der Waals surface area contributed by atoms with E-state index < -0.39 is 9.84 Å². The smallest absolute Gasteiger partial charge is 0.239 e. The fraction of sp³-hybridized carbons (Fsp3) is 0.500. The maximum Gasteiger partial charge on any atom is 0.239 e. The number of thioether (sulfide) groups is 1. The van der Waals surface area contributed by atoms with E-state index in [0.717, 1.165) is 5.56 Å². The first-order chi connectivity index (χ1) is 15.2. The van der Waals surface area contributed by atoms with Gasteiger partial charge in [-0.1, -0.05) is 23.9 Å². The van der Waals surface area contributed by atoms with Crippen molar-refractivity contribution in [3.63, 3.8) is 0 Å². The number of hydrogen-bond acceptors (Lipinski definition) is 8. The van der Waals surface area contributed by atoms with Gasteiger partial charge >= 0.3 is 0 Å². The van der Waals surface area contributed by atoms with E-state index in [-0.39, 0.29) is 41.7 Å². The maximum absolute atomic E-state index is 12.7. The monoisotopic (exact) mass is 481 g/mol. The van der Waals surface area contributed by atoms with E-state index in [1.807, 2.05) is 31.3 Å². The summed E-state index contributed by atoms with van der Waals surface area (Å²) in [5.74, 6) is 0.933. The molecule has 0 spiro atoms. The molecule has 1 aliphatic rings. The van der Waals surface area contributed by atoms with Crippen LogP contribution >= 0.6 is 11.8 Å². The molecule has 1 saturated heterocycles. The zero-order chi connectivity index (χ0) is 23.3. The summed E-state index contributed by atoms with van der Waals surface area (Å²) >= 11 is 1.24. The highest BCUT2D eigenvalue weighted by Crippen LogP contribution is 2.25. The molecule has 32 heavy (non-hydrogen) atoms. The van der Waals surface area contributed by atoms with Crippen LogP contribution in [0.15, 0.2) is 29.4 Å². The van der Waals surface area contributed by atoms with Crippen molar-refractivity contribution < 1.29 is 22.7 Å². The maximum atomic E-state index is 12.7. The molecular weight excluding hydrogens is 454 g/mol. The Hall–Kier alpha value is -2.60. The van der Waals surface area contributed by atoms with Crippen LogP contribution < -0.4 is 10.1 Å². The molecule has 1 aromatic heterocycles. The number of methoxy groups -OCH3 is 1. The van der Waals surface area contributed by atoms with Gasteiger partial charge in [0.1, 0.15) is 5.75 Å². The zero-order valence-electron chi connectivity index (χ0n) is 18.3. The summed E-state index contributed by atoms with van der Waals surface area (Å²) in [5.41, 5.74) is 0.846. The minimum atomic E-state index is -3.08. The third kappa shape index (κ3) is 6.00. The molecule has 1 aliphatic heterocycles.